The molecule has 0 aliphatic heterocycles. The predicted octanol–water partition coefficient (Wildman–Crippen LogP) is 6.00. The zero-order valence-corrected chi connectivity index (χ0v) is 22.2. The molecular weight excluding hydrogens is 587 g/mol. The van der Waals surface area contributed by atoms with Crippen LogP contribution in [0.2, 0.25) is 0 Å². The molecule has 9 nitrogen and oxygen atoms in total. The van der Waals surface area contributed by atoms with Gasteiger partial charge in [0.05, 0.1) is 22.6 Å². The molecular formula is C23H21Br2FN6O3. The van der Waals surface area contributed by atoms with E-state index in [1.54, 1.807) is 30.1 Å². The van der Waals surface area contributed by atoms with Crippen LogP contribution >= 0.6 is 31.9 Å². The molecule has 0 bridgehead atoms. The van der Waals surface area contributed by atoms with E-state index in [-0.39, 0.29) is 5.75 Å². The summed E-state index contributed by atoms with van der Waals surface area (Å²) in [6, 6.07) is 5.89. The Balaban J connectivity index is 1.75. The number of benzene rings is 1. The summed E-state index contributed by atoms with van der Waals surface area (Å²) < 4.78 is 25.3. The first-order valence-electron chi connectivity index (χ1n) is 10.7. The Morgan fingerprint density at radius 3 is 2.60 bits per heavy atom. The first-order valence-corrected chi connectivity index (χ1v) is 12.3. The lowest BCUT2D eigenvalue weighted by molar-refractivity contribution is -0.390. The highest BCUT2D eigenvalue weighted by atomic mass is 79.9. The number of nitrogens with zero attached hydrogens (tertiary/aromatic N) is 6. The van der Waals surface area contributed by atoms with Crippen molar-refractivity contribution in [3.05, 3.63) is 84.6 Å². The van der Waals surface area contributed by atoms with E-state index in [1.165, 1.54) is 24.4 Å². The number of hydrogen-bond donors (Lipinski definition) is 0. The minimum absolute atomic E-state index is 0.0202. The van der Waals surface area contributed by atoms with Crippen LogP contribution in [-0.4, -0.2) is 29.5 Å². The van der Waals surface area contributed by atoms with Gasteiger partial charge in [-0.2, -0.15) is 10.2 Å². The molecule has 182 valence electrons. The molecule has 0 saturated carbocycles. The van der Waals surface area contributed by atoms with Crippen molar-refractivity contribution < 1.29 is 14.1 Å². The Morgan fingerprint density at radius 1 is 1.17 bits per heavy atom. The molecule has 12 heteroatoms. The molecule has 4 aromatic rings. The molecule has 1 aromatic carbocycles. The van der Waals surface area contributed by atoms with Crippen LogP contribution in [0, 0.1) is 15.9 Å². The largest absolute Gasteiger partial charge is 0.478 e. The van der Waals surface area contributed by atoms with Crippen LogP contribution in [0.3, 0.4) is 0 Å². The SMILES string of the molecule is CCn1ncc(Cc2cnn(C)c2-c2ccc(F)cc2C(C)Oc2cc(Br)cnc2[N+](=O)[O-])c1Br. The third-order valence-electron chi connectivity index (χ3n) is 5.52. The van der Waals surface area contributed by atoms with Gasteiger partial charge in [0.25, 0.3) is 0 Å². The number of ether oxygens (including phenoxy) is 1. The third kappa shape index (κ3) is 5.13. The van der Waals surface area contributed by atoms with Gasteiger partial charge in [-0.3, -0.25) is 9.36 Å². The zero-order chi connectivity index (χ0) is 25.3. The van der Waals surface area contributed by atoms with Crippen LogP contribution in [0.5, 0.6) is 5.75 Å². The minimum atomic E-state index is -0.729. The first kappa shape index (κ1) is 25.0. The molecule has 0 radical (unpaired) electrons. The van der Waals surface area contributed by atoms with E-state index in [1.807, 2.05) is 18.7 Å². The summed E-state index contributed by atoms with van der Waals surface area (Å²) in [7, 11) is 1.81. The van der Waals surface area contributed by atoms with Crippen LogP contribution in [0.25, 0.3) is 11.3 Å². The Bertz CT molecular complexity index is 1400. The second kappa shape index (κ2) is 10.2. The van der Waals surface area contributed by atoms with Crippen molar-refractivity contribution in [1.82, 2.24) is 24.5 Å². The van der Waals surface area contributed by atoms with Crippen LogP contribution < -0.4 is 4.74 Å². The van der Waals surface area contributed by atoms with Gasteiger partial charge in [-0.15, -0.1) is 0 Å². The van der Waals surface area contributed by atoms with Gasteiger partial charge in [-0.1, -0.05) is 0 Å². The van der Waals surface area contributed by atoms with E-state index in [4.69, 9.17) is 4.74 Å². The molecule has 4 rings (SSSR count). The number of aryl methyl sites for hydroxylation is 2. The molecule has 0 saturated heterocycles. The van der Waals surface area contributed by atoms with E-state index in [9.17, 15) is 14.5 Å². The van der Waals surface area contributed by atoms with Crippen LogP contribution in [0.4, 0.5) is 10.2 Å². The van der Waals surface area contributed by atoms with Gasteiger partial charge >= 0.3 is 5.82 Å². The van der Waals surface area contributed by atoms with Gasteiger partial charge in [0.1, 0.15) is 16.5 Å². The van der Waals surface area contributed by atoms with Gasteiger partial charge in [0.15, 0.2) is 6.20 Å². The van der Waals surface area contributed by atoms with Gasteiger partial charge in [-0.05, 0) is 73.8 Å². The van der Waals surface area contributed by atoms with E-state index < -0.39 is 22.7 Å². The standard InChI is InChI=1S/C23H21Br2FN6O3/c1-4-31-22(25)15(11-29-31)7-14-10-28-30(3)21(14)18-6-5-17(26)9-19(18)13(2)35-20-8-16(24)12-27-23(20)32(33)34/h5-6,8-13H,4,7H2,1-3H3. The fourth-order valence-electron chi connectivity index (χ4n) is 3.89. The Kier molecular flexibility index (Phi) is 7.31. The number of pyridine rings is 1. The van der Waals surface area contributed by atoms with Crippen molar-refractivity contribution in [3.63, 3.8) is 0 Å². The maximum atomic E-state index is 14.4. The third-order valence-corrected chi connectivity index (χ3v) is 6.87. The zero-order valence-electron chi connectivity index (χ0n) is 19.1. The van der Waals surface area contributed by atoms with Crippen molar-refractivity contribution in [2.24, 2.45) is 7.05 Å². The fraction of sp³-hybridized carbons (Fsp3) is 0.261. The summed E-state index contributed by atoms with van der Waals surface area (Å²) in [6.45, 7) is 4.45. The Labute approximate surface area is 217 Å². The summed E-state index contributed by atoms with van der Waals surface area (Å²) in [5.41, 5.74) is 3.92. The monoisotopic (exact) mass is 606 g/mol. The predicted molar refractivity (Wildman–Crippen MR) is 135 cm³/mol. The van der Waals surface area contributed by atoms with Gasteiger partial charge in [0.2, 0.25) is 5.75 Å². The molecule has 1 unspecified atom stereocenters. The maximum Gasteiger partial charge on any atom is 0.406 e. The van der Waals surface area contributed by atoms with Crippen molar-refractivity contribution in [2.75, 3.05) is 0 Å². The van der Waals surface area contributed by atoms with Crippen molar-refractivity contribution in [2.45, 2.75) is 32.9 Å². The summed E-state index contributed by atoms with van der Waals surface area (Å²) in [5, 5.41) is 20.3. The van der Waals surface area contributed by atoms with Crippen molar-refractivity contribution in [3.8, 4) is 17.0 Å². The van der Waals surface area contributed by atoms with Crippen LogP contribution in [-0.2, 0) is 20.0 Å². The van der Waals surface area contributed by atoms with Gasteiger partial charge in [0, 0.05) is 48.3 Å². The molecule has 3 aromatic heterocycles. The lowest BCUT2D eigenvalue weighted by Gasteiger charge is -2.19. The minimum Gasteiger partial charge on any atom is -0.478 e. The average molecular weight is 608 g/mol. The number of halogens is 3. The molecule has 35 heavy (non-hydrogen) atoms. The quantitative estimate of drug-likeness (QED) is 0.180. The molecule has 0 spiro atoms. The van der Waals surface area contributed by atoms with Crippen molar-refractivity contribution in [1.29, 1.82) is 0 Å². The highest BCUT2D eigenvalue weighted by molar-refractivity contribution is 9.10. The summed E-state index contributed by atoms with van der Waals surface area (Å²) in [4.78, 5) is 14.7. The van der Waals surface area contributed by atoms with Crippen LogP contribution in [0.15, 0.2) is 51.9 Å². The highest BCUT2D eigenvalue weighted by Gasteiger charge is 2.24. The van der Waals surface area contributed by atoms with E-state index >= 15 is 0 Å². The maximum absolute atomic E-state index is 14.4. The topological polar surface area (TPSA) is 101 Å². The summed E-state index contributed by atoms with van der Waals surface area (Å²) in [5.74, 6) is -0.887. The Morgan fingerprint density at radius 2 is 1.91 bits per heavy atom. The van der Waals surface area contributed by atoms with Gasteiger partial charge < -0.3 is 14.9 Å². The molecule has 0 aliphatic rings. The fourth-order valence-corrected chi connectivity index (χ4v) is 4.79. The molecule has 3 heterocycles. The number of rotatable bonds is 8. The molecule has 0 aliphatic carbocycles. The molecule has 0 amide bonds. The highest BCUT2D eigenvalue weighted by Crippen LogP contribution is 2.37. The summed E-state index contributed by atoms with van der Waals surface area (Å²) in [6.07, 6.45) is 4.72. The number of aromatic nitrogens is 5. The second-order valence-electron chi connectivity index (χ2n) is 7.82. The van der Waals surface area contributed by atoms with Crippen molar-refractivity contribution >= 4 is 37.7 Å². The Hall–Kier alpha value is -3.12. The average Bonchev–Trinajstić information content (AvgIpc) is 3.35. The number of hydrogen-bond acceptors (Lipinski definition) is 6. The van der Waals surface area contributed by atoms with E-state index in [0.29, 0.717) is 22.0 Å². The van der Waals surface area contributed by atoms with E-state index in [2.05, 4.69) is 47.0 Å². The summed E-state index contributed by atoms with van der Waals surface area (Å²) >= 11 is 6.87. The first-order chi connectivity index (χ1) is 16.7. The second-order valence-corrected chi connectivity index (χ2v) is 9.49. The lowest BCUT2D eigenvalue weighted by atomic mass is 9.96. The van der Waals surface area contributed by atoms with E-state index in [0.717, 1.165) is 28.0 Å². The number of nitro groups is 1. The molecule has 1 atom stereocenters. The molecule has 0 N–H and O–H groups in total. The lowest BCUT2D eigenvalue weighted by Crippen LogP contribution is -2.09. The molecule has 0 fully saturated rings. The van der Waals surface area contributed by atoms with Gasteiger partial charge in [-0.25, -0.2) is 4.39 Å². The normalized spacial score (nSPS) is 12.1. The smallest absolute Gasteiger partial charge is 0.406 e. The van der Waals surface area contributed by atoms with Crippen LogP contribution in [0.1, 0.15) is 36.6 Å².